The predicted octanol–water partition coefficient (Wildman–Crippen LogP) is 1.71. The molecule has 2 rings (SSSR count). The molecule has 0 atom stereocenters. The van der Waals surface area contributed by atoms with Crippen LogP contribution < -0.4 is 0 Å². The van der Waals surface area contributed by atoms with Crippen LogP contribution in [0.1, 0.15) is 19.3 Å². The summed E-state index contributed by atoms with van der Waals surface area (Å²) in [7, 11) is 2.18. The van der Waals surface area contributed by atoms with Crippen LogP contribution in [0.25, 0.3) is 0 Å². The zero-order valence-corrected chi connectivity index (χ0v) is 11.1. The molecule has 2 heterocycles. The van der Waals surface area contributed by atoms with Crippen molar-refractivity contribution in [3.63, 3.8) is 0 Å². The maximum absolute atomic E-state index is 5.61. The van der Waals surface area contributed by atoms with Crippen molar-refractivity contribution < 1.29 is 9.47 Å². The third-order valence-corrected chi connectivity index (χ3v) is 3.00. The van der Waals surface area contributed by atoms with Crippen molar-refractivity contribution in [3.05, 3.63) is 0 Å². The Kier molecular flexibility index (Phi) is 5.66. The van der Waals surface area contributed by atoms with Crippen LogP contribution in [0, 0.1) is 5.92 Å². The molecule has 2 aliphatic rings. The van der Waals surface area contributed by atoms with Crippen LogP contribution in [-0.2, 0) is 9.47 Å². The summed E-state index contributed by atoms with van der Waals surface area (Å²) in [5.74, 6) is 0.636. The van der Waals surface area contributed by atoms with Crippen LogP contribution in [-0.4, -0.2) is 44.5 Å². The van der Waals surface area contributed by atoms with Gasteiger partial charge in [-0.25, -0.2) is 0 Å². The van der Waals surface area contributed by atoms with Gasteiger partial charge in [0.2, 0.25) is 0 Å². The van der Waals surface area contributed by atoms with Gasteiger partial charge in [-0.05, 0) is 39.4 Å². The van der Waals surface area contributed by atoms with E-state index in [-0.39, 0.29) is 30.3 Å². The van der Waals surface area contributed by atoms with Crippen molar-refractivity contribution in [2.45, 2.75) is 25.6 Å². The second-order valence-electron chi connectivity index (χ2n) is 4.10. The maximum atomic E-state index is 5.61. The first-order chi connectivity index (χ1) is 6.36. The van der Waals surface area contributed by atoms with E-state index >= 15 is 0 Å². The average molecular weight is 313 g/mol. The molecule has 0 amide bonds. The van der Waals surface area contributed by atoms with E-state index < -0.39 is 0 Å². The van der Waals surface area contributed by atoms with Gasteiger partial charge >= 0.3 is 0 Å². The van der Waals surface area contributed by atoms with Gasteiger partial charge < -0.3 is 14.4 Å². The number of ether oxygens (including phenoxy) is 2. The number of piperidine rings is 1. The molecule has 0 spiro atoms. The number of hydrogen-bond acceptors (Lipinski definition) is 3. The minimum absolute atomic E-state index is 0. The summed E-state index contributed by atoms with van der Waals surface area (Å²) in [5.41, 5.74) is 0. The van der Waals surface area contributed by atoms with Crippen LogP contribution in [0.15, 0.2) is 0 Å². The van der Waals surface area contributed by atoms with Gasteiger partial charge in [-0.15, -0.1) is 24.0 Å². The first-order valence-corrected chi connectivity index (χ1v) is 5.28. The smallest absolute Gasteiger partial charge is 0.160 e. The SMILES string of the molecule is CN1CCC(C2OCCCO2)CC1.I. The van der Waals surface area contributed by atoms with Gasteiger partial charge in [0.25, 0.3) is 0 Å². The van der Waals surface area contributed by atoms with Gasteiger partial charge in [-0.3, -0.25) is 0 Å². The van der Waals surface area contributed by atoms with E-state index in [1.807, 2.05) is 0 Å². The third kappa shape index (κ3) is 3.32. The topological polar surface area (TPSA) is 21.7 Å². The van der Waals surface area contributed by atoms with Gasteiger partial charge in [0.1, 0.15) is 0 Å². The molecule has 14 heavy (non-hydrogen) atoms. The summed E-state index contributed by atoms with van der Waals surface area (Å²) in [6.45, 7) is 4.15. The number of nitrogens with zero attached hydrogens (tertiary/aromatic N) is 1. The fourth-order valence-electron chi connectivity index (χ4n) is 2.08. The lowest BCUT2D eigenvalue weighted by Crippen LogP contribution is -2.39. The largest absolute Gasteiger partial charge is 0.352 e. The minimum atomic E-state index is 0. The molecule has 0 radical (unpaired) electrons. The highest BCUT2D eigenvalue weighted by Crippen LogP contribution is 2.24. The summed E-state index contributed by atoms with van der Waals surface area (Å²) in [4.78, 5) is 2.37. The Labute approximate surface area is 103 Å². The van der Waals surface area contributed by atoms with Gasteiger partial charge in [-0.2, -0.15) is 0 Å². The van der Waals surface area contributed by atoms with Crippen LogP contribution in [0.5, 0.6) is 0 Å². The van der Waals surface area contributed by atoms with E-state index in [9.17, 15) is 0 Å². The van der Waals surface area contributed by atoms with E-state index in [0.29, 0.717) is 5.92 Å². The zero-order valence-electron chi connectivity index (χ0n) is 8.78. The van der Waals surface area contributed by atoms with Crippen LogP contribution in [0.2, 0.25) is 0 Å². The zero-order chi connectivity index (χ0) is 9.10. The first-order valence-electron chi connectivity index (χ1n) is 5.28. The Morgan fingerprint density at radius 1 is 1.07 bits per heavy atom. The normalized spacial score (nSPS) is 27.2. The summed E-state index contributed by atoms with van der Waals surface area (Å²) < 4.78 is 11.2. The quantitative estimate of drug-likeness (QED) is 0.688. The maximum Gasteiger partial charge on any atom is 0.160 e. The molecule has 4 heteroatoms. The van der Waals surface area contributed by atoms with Crippen molar-refractivity contribution in [2.24, 2.45) is 5.92 Å². The van der Waals surface area contributed by atoms with Gasteiger partial charge in [0, 0.05) is 5.92 Å². The molecule has 0 N–H and O–H groups in total. The van der Waals surface area contributed by atoms with Crippen LogP contribution in [0.4, 0.5) is 0 Å². The van der Waals surface area contributed by atoms with Gasteiger partial charge in [0.05, 0.1) is 13.2 Å². The van der Waals surface area contributed by atoms with Crippen LogP contribution in [0.3, 0.4) is 0 Å². The molecule has 2 saturated heterocycles. The molecule has 0 saturated carbocycles. The average Bonchev–Trinajstić information content (AvgIpc) is 2.20. The number of halogens is 1. The highest BCUT2D eigenvalue weighted by molar-refractivity contribution is 14.0. The highest BCUT2D eigenvalue weighted by atomic mass is 127. The fourth-order valence-corrected chi connectivity index (χ4v) is 2.08. The Morgan fingerprint density at radius 2 is 1.64 bits per heavy atom. The number of likely N-dealkylation sites (tertiary alicyclic amines) is 1. The second kappa shape index (κ2) is 6.25. The summed E-state index contributed by atoms with van der Waals surface area (Å²) >= 11 is 0. The van der Waals surface area contributed by atoms with E-state index in [0.717, 1.165) is 19.6 Å². The summed E-state index contributed by atoms with van der Waals surface area (Å²) in [6.07, 6.45) is 3.60. The molecule has 0 aromatic rings. The molecule has 84 valence electrons. The molecular weight excluding hydrogens is 293 g/mol. The summed E-state index contributed by atoms with van der Waals surface area (Å²) in [6, 6.07) is 0. The Hall–Kier alpha value is 0.610. The lowest BCUT2D eigenvalue weighted by molar-refractivity contribution is -0.210. The molecule has 0 aliphatic carbocycles. The standard InChI is InChI=1S/C10H19NO2.HI/c1-11-5-3-9(4-6-11)10-12-7-2-8-13-10;/h9-10H,2-8H2,1H3;1H. The van der Waals surface area contributed by atoms with E-state index in [4.69, 9.17) is 9.47 Å². The molecular formula is C10H20INO2. The fraction of sp³-hybridized carbons (Fsp3) is 1.00. The van der Waals surface area contributed by atoms with Crippen molar-refractivity contribution in [3.8, 4) is 0 Å². The monoisotopic (exact) mass is 313 g/mol. The van der Waals surface area contributed by atoms with Crippen molar-refractivity contribution in [2.75, 3.05) is 33.4 Å². The first kappa shape index (κ1) is 12.7. The lowest BCUT2D eigenvalue weighted by atomic mass is 9.96. The Bertz CT molecular complexity index is 154. The second-order valence-corrected chi connectivity index (χ2v) is 4.10. The van der Waals surface area contributed by atoms with E-state index in [1.165, 1.54) is 25.9 Å². The molecule has 2 fully saturated rings. The van der Waals surface area contributed by atoms with Gasteiger partial charge in [0.15, 0.2) is 6.29 Å². The number of hydrogen-bond donors (Lipinski definition) is 0. The minimum Gasteiger partial charge on any atom is -0.352 e. The van der Waals surface area contributed by atoms with E-state index in [2.05, 4.69) is 11.9 Å². The Morgan fingerprint density at radius 3 is 2.21 bits per heavy atom. The molecule has 0 aromatic heterocycles. The van der Waals surface area contributed by atoms with Crippen molar-refractivity contribution in [1.82, 2.24) is 4.90 Å². The van der Waals surface area contributed by atoms with Crippen molar-refractivity contribution in [1.29, 1.82) is 0 Å². The highest BCUT2D eigenvalue weighted by Gasteiger charge is 2.27. The molecule has 3 nitrogen and oxygen atoms in total. The summed E-state index contributed by atoms with van der Waals surface area (Å²) in [5, 5.41) is 0. The lowest BCUT2D eigenvalue weighted by Gasteiger charge is -2.35. The van der Waals surface area contributed by atoms with Crippen molar-refractivity contribution >= 4 is 24.0 Å². The molecule has 0 unspecified atom stereocenters. The predicted molar refractivity (Wildman–Crippen MR) is 65.9 cm³/mol. The van der Waals surface area contributed by atoms with Crippen LogP contribution >= 0.6 is 24.0 Å². The Balaban J connectivity index is 0.000000980. The third-order valence-electron chi connectivity index (χ3n) is 3.00. The van der Waals surface area contributed by atoms with E-state index in [1.54, 1.807) is 0 Å². The number of rotatable bonds is 1. The molecule has 0 bridgehead atoms. The van der Waals surface area contributed by atoms with Gasteiger partial charge in [-0.1, -0.05) is 0 Å². The molecule has 2 aliphatic heterocycles. The molecule has 0 aromatic carbocycles.